The van der Waals surface area contributed by atoms with Crippen molar-refractivity contribution < 1.29 is 9.84 Å². The van der Waals surface area contributed by atoms with Crippen LogP contribution < -0.4 is 4.74 Å². The van der Waals surface area contributed by atoms with Crippen LogP contribution in [-0.2, 0) is 6.54 Å². The maximum atomic E-state index is 10.4. The zero-order valence-electron chi connectivity index (χ0n) is 15.2. The molecule has 2 rings (SSSR count). The first-order valence-corrected chi connectivity index (χ1v) is 8.62. The summed E-state index contributed by atoms with van der Waals surface area (Å²) in [6, 6.07) is 16.8. The Morgan fingerprint density at radius 3 is 2.46 bits per heavy atom. The first kappa shape index (κ1) is 18.5. The second-order valence-corrected chi connectivity index (χ2v) is 6.74. The van der Waals surface area contributed by atoms with Gasteiger partial charge >= 0.3 is 0 Å². The Hall–Kier alpha value is -1.84. The highest BCUT2D eigenvalue weighted by Crippen LogP contribution is 2.17. The number of hydrogen-bond acceptors (Lipinski definition) is 3. The number of ether oxygens (including phenoxy) is 1. The van der Waals surface area contributed by atoms with Gasteiger partial charge in [-0.1, -0.05) is 48.0 Å². The quantitative estimate of drug-likeness (QED) is 0.797. The van der Waals surface area contributed by atoms with Crippen LogP contribution in [0.25, 0.3) is 0 Å². The molecule has 0 bridgehead atoms. The van der Waals surface area contributed by atoms with Crippen LogP contribution in [0.1, 0.15) is 30.5 Å². The van der Waals surface area contributed by atoms with Gasteiger partial charge in [0.15, 0.2) is 0 Å². The Morgan fingerprint density at radius 2 is 1.79 bits per heavy atom. The van der Waals surface area contributed by atoms with Crippen molar-refractivity contribution >= 4 is 0 Å². The third-order valence-corrected chi connectivity index (χ3v) is 4.17. The highest BCUT2D eigenvalue weighted by atomic mass is 16.5. The van der Waals surface area contributed by atoms with Crippen molar-refractivity contribution in [2.75, 3.05) is 13.2 Å². The lowest BCUT2D eigenvalue weighted by Gasteiger charge is -2.29. The third-order valence-electron chi connectivity index (χ3n) is 4.17. The lowest BCUT2D eigenvalue weighted by atomic mass is 10.1. The lowest BCUT2D eigenvalue weighted by molar-refractivity contribution is 0.0541. The minimum atomic E-state index is -0.517. The topological polar surface area (TPSA) is 32.7 Å². The van der Waals surface area contributed by atoms with Gasteiger partial charge in [-0.05, 0) is 44.9 Å². The number of rotatable bonds is 8. The molecule has 0 aliphatic carbocycles. The van der Waals surface area contributed by atoms with Crippen LogP contribution in [0.2, 0.25) is 0 Å². The molecule has 3 heteroatoms. The summed E-state index contributed by atoms with van der Waals surface area (Å²) < 4.78 is 5.77. The fraction of sp³-hybridized carbons (Fsp3) is 0.429. The summed E-state index contributed by atoms with van der Waals surface area (Å²) in [5, 5.41) is 10.4. The highest BCUT2D eigenvalue weighted by Gasteiger charge is 2.16. The van der Waals surface area contributed by atoms with Gasteiger partial charge in [0.05, 0.1) is 0 Å². The number of benzene rings is 2. The minimum absolute atomic E-state index is 0.307. The van der Waals surface area contributed by atoms with E-state index in [0.29, 0.717) is 19.2 Å². The molecule has 0 radical (unpaired) electrons. The number of aryl methyl sites for hydroxylation is 2. The molecule has 0 amide bonds. The molecule has 1 N–H and O–H groups in total. The smallest absolute Gasteiger partial charge is 0.122 e. The molecule has 0 aliphatic heterocycles. The van der Waals surface area contributed by atoms with Crippen molar-refractivity contribution in [2.24, 2.45) is 0 Å². The second kappa shape index (κ2) is 8.86. The zero-order chi connectivity index (χ0) is 17.5. The molecule has 0 aromatic heterocycles. The van der Waals surface area contributed by atoms with Crippen LogP contribution in [-0.4, -0.2) is 35.3 Å². The summed E-state index contributed by atoms with van der Waals surface area (Å²) in [7, 11) is 0. The van der Waals surface area contributed by atoms with E-state index in [1.54, 1.807) is 0 Å². The predicted molar refractivity (Wildman–Crippen MR) is 99.4 cm³/mol. The lowest BCUT2D eigenvalue weighted by Crippen LogP contribution is -2.39. The number of nitrogens with zero attached hydrogens (tertiary/aromatic N) is 1. The molecule has 130 valence electrons. The first-order chi connectivity index (χ1) is 11.5. The number of hydrogen-bond donors (Lipinski definition) is 1. The number of aliphatic hydroxyl groups is 1. The Balaban J connectivity index is 1.91. The van der Waals surface area contributed by atoms with Crippen molar-refractivity contribution in [3.63, 3.8) is 0 Å². The normalized spacial score (nSPS) is 12.6. The first-order valence-electron chi connectivity index (χ1n) is 8.62. The van der Waals surface area contributed by atoms with E-state index in [1.807, 2.05) is 31.2 Å². The number of para-hydroxylation sites is 1. The molecule has 0 heterocycles. The van der Waals surface area contributed by atoms with Gasteiger partial charge in [-0.25, -0.2) is 0 Å². The monoisotopic (exact) mass is 327 g/mol. The summed E-state index contributed by atoms with van der Waals surface area (Å²) in [6.45, 7) is 10.2. The van der Waals surface area contributed by atoms with Crippen molar-refractivity contribution in [2.45, 2.75) is 46.4 Å². The molecular formula is C21H29NO2. The average Bonchev–Trinajstić information content (AvgIpc) is 2.53. The zero-order valence-corrected chi connectivity index (χ0v) is 15.2. The largest absolute Gasteiger partial charge is 0.491 e. The molecule has 0 spiro atoms. The molecular weight excluding hydrogens is 298 g/mol. The second-order valence-electron chi connectivity index (χ2n) is 6.74. The summed E-state index contributed by atoms with van der Waals surface area (Å²) in [5.74, 6) is 0.839. The SMILES string of the molecule is Cc1cccc(CN(C[C@H](O)COc2ccccc2C)C(C)C)c1. The van der Waals surface area contributed by atoms with E-state index in [2.05, 4.69) is 49.9 Å². The summed E-state index contributed by atoms with van der Waals surface area (Å²) in [4.78, 5) is 2.28. The molecule has 2 aromatic rings. The maximum absolute atomic E-state index is 10.4. The molecule has 0 fully saturated rings. The van der Waals surface area contributed by atoms with E-state index in [0.717, 1.165) is 17.9 Å². The minimum Gasteiger partial charge on any atom is -0.491 e. The van der Waals surface area contributed by atoms with E-state index in [9.17, 15) is 5.11 Å². The van der Waals surface area contributed by atoms with Gasteiger partial charge in [0.2, 0.25) is 0 Å². The predicted octanol–water partition coefficient (Wildman–Crippen LogP) is 3.95. The molecule has 3 nitrogen and oxygen atoms in total. The van der Waals surface area contributed by atoms with E-state index in [-0.39, 0.29) is 0 Å². The molecule has 0 saturated carbocycles. The van der Waals surface area contributed by atoms with E-state index in [1.165, 1.54) is 11.1 Å². The van der Waals surface area contributed by atoms with Crippen molar-refractivity contribution in [3.8, 4) is 5.75 Å². The van der Waals surface area contributed by atoms with Crippen LogP contribution in [0.15, 0.2) is 48.5 Å². The van der Waals surface area contributed by atoms with Crippen LogP contribution in [0.4, 0.5) is 0 Å². The summed E-state index contributed by atoms with van der Waals surface area (Å²) in [6.07, 6.45) is -0.517. The van der Waals surface area contributed by atoms with Crippen molar-refractivity contribution in [1.82, 2.24) is 4.90 Å². The van der Waals surface area contributed by atoms with Crippen molar-refractivity contribution in [3.05, 3.63) is 65.2 Å². The summed E-state index contributed by atoms with van der Waals surface area (Å²) in [5.41, 5.74) is 3.63. The highest BCUT2D eigenvalue weighted by molar-refractivity contribution is 5.31. The van der Waals surface area contributed by atoms with Gasteiger partial charge in [0.1, 0.15) is 18.5 Å². The molecule has 0 aliphatic rings. The maximum Gasteiger partial charge on any atom is 0.122 e. The van der Waals surface area contributed by atoms with Gasteiger partial charge in [0.25, 0.3) is 0 Å². The van der Waals surface area contributed by atoms with Gasteiger partial charge in [-0.2, -0.15) is 0 Å². The Morgan fingerprint density at radius 1 is 1.04 bits per heavy atom. The summed E-state index contributed by atoms with van der Waals surface area (Å²) >= 11 is 0. The van der Waals surface area contributed by atoms with Crippen molar-refractivity contribution in [1.29, 1.82) is 0 Å². The number of aliphatic hydroxyl groups excluding tert-OH is 1. The van der Waals surface area contributed by atoms with Crippen LogP contribution >= 0.6 is 0 Å². The van der Waals surface area contributed by atoms with E-state index in [4.69, 9.17) is 4.74 Å². The van der Waals surface area contributed by atoms with E-state index < -0.39 is 6.10 Å². The van der Waals surface area contributed by atoms with Gasteiger partial charge in [-0.15, -0.1) is 0 Å². The van der Waals surface area contributed by atoms with Crippen LogP contribution in [0.3, 0.4) is 0 Å². The Kier molecular flexibility index (Phi) is 6.83. The Labute approximate surface area is 145 Å². The van der Waals surface area contributed by atoms with Gasteiger partial charge in [0, 0.05) is 19.1 Å². The van der Waals surface area contributed by atoms with Gasteiger partial charge < -0.3 is 9.84 Å². The molecule has 24 heavy (non-hydrogen) atoms. The molecule has 2 aromatic carbocycles. The fourth-order valence-electron chi connectivity index (χ4n) is 2.73. The molecule has 0 saturated heterocycles. The van der Waals surface area contributed by atoms with Crippen LogP contribution in [0, 0.1) is 13.8 Å². The molecule has 1 atom stereocenters. The third kappa shape index (κ3) is 5.66. The Bertz CT molecular complexity index is 639. The molecule has 0 unspecified atom stereocenters. The standard InChI is InChI=1S/C21H29NO2/c1-16(2)22(13-19-10-7-8-17(3)12-19)14-20(23)15-24-21-11-6-5-9-18(21)4/h5-12,16,20,23H,13-15H2,1-4H3/t20-/m0/s1. The van der Waals surface area contributed by atoms with Crippen LogP contribution in [0.5, 0.6) is 5.75 Å². The fourth-order valence-corrected chi connectivity index (χ4v) is 2.73. The van der Waals surface area contributed by atoms with E-state index >= 15 is 0 Å². The van der Waals surface area contributed by atoms with Gasteiger partial charge in [-0.3, -0.25) is 4.90 Å². The average molecular weight is 327 g/mol.